The van der Waals surface area contributed by atoms with E-state index >= 15 is 0 Å². The lowest BCUT2D eigenvalue weighted by Crippen LogP contribution is -2.35. The molecule has 1 aliphatic rings. The second-order valence-electron chi connectivity index (χ2n) is 8.46. The summed E-state index contributed by atoms with van der Waals surface area (Å²) in [4.78, 5) is 14.9. The quantitative estimate of drug-likeness (QED) is 0.519. The second-order valence-corrected chi connectivity index (χ2v) is 10.7. The number of fused-ring (bicyclic) bond motifs is 1. The van der Waals surface area contributed by atoms with Crippen molar-refractivity contribution in [1.29, 1.82) is 0 Å². The summed E-state index contributed by atoms with van der Waals surface area (Å²) in [6.07, 6.45) is 1.40. The number of anilines is 2. The molecular formula is C25H25ClFN3O3S. The van der Waals surface area contributed by atoms with Crippen LogP contribution in [0.5, 0.6) is 0 Å². The third-order valence-electron chi connectivity index (χ3n) is 5.59. The van der Waals surface area contributed by atoms with E-state index < -0.39 is 21.7 Å². The summed E-state index contributed by atoms with van der Waals surface area (Å²) in [6, 6.07) is 16.0. The van der Waals surface area contributed by atoms with E-state index in [1.807, 2.05) is 25.1 Å². The first-order valence-electron chi connectivity index (χ1n) is 10.8. The second kappa shape index (κ2) is 9.74. The van der Waals surface area contributed by atoms with Crippen molar-refractivity contribution in [2.24, 2.45) is 0 Å². The Morgan fingerprint density at radius 3 is 2.62 bits per heavy atom. The van der Waals surface area contributed by atoms with E-state index in [0.29, 0.717) is 30.9 Å². The lowest BCUT2D eigenvalue weighted by Gasteiger charge is -2.31. The van der Waals surface area contributed by atoms with E-state index in [-0.39, 0.29) is 15.5 Å². The molecule has 1 N–H and O–H groups in total. The standard InChI is InChI=1S/C25H25ClFN3O3S/c1-29(2)16-17-6-3-8-20(14-17)34(32,33)30-13-5-7-18-11-12-19(15-23(18)30)28-25(31)24-21(26)9-4-10-22(24)27/h3-4,6,8-12,14-15H,5,7,13,16H2,1-2H3,(H,28,31). The average Bonchev–Trinajstić information content (AvgIpc) is 2.78. The Bertz CT molecular complexity index is 1320. The molecule has 4 rings (SSSR count). The first kappa shape index (κ1) is 24.2. The largest absolute Gasteiger partial charge is 0.322 e. The number of hydrogen-bond donors (Lipinski definition) is 1. The van der Waals surface area contributed by atoms with Crippen LogP contribution in [0.2, 0.25) is 5.02 Å². The highest BCUT2D eigenvalue weighted by atomic mass is 35.5. The first-order chi connectivity index (χ1) is 16.2. The lowest BCUT2D eigenvalue weighted by atomic mass is 10.0. The predicted octanol–water partition coefficient (Wildman–Crippen LogP) is 4.93. The smallest absolute Gasteiger partial charge is 0.264 e. The van der Waals surface area contributed by atoms with Crippen LogP contribution in [0.3, 0.4) is 0 Å². The fourth-order valence-corrected chi connectivity index (χ4v) is 5.93. The normalized spacial score (nSPS) is 13.6. The zero-order valence-corrected chi connectivity index (χ0v) is 20.5. The molecule has 178 valence electrons. The molecule has 0 atom stereocenters. The van der Waals surface area contributed by atoms with Crippen LogP contribution < -0.4 is 9.62 Å². The van der Waals surface area contributed by atoms with Crippen molar-refractivity contribution in [1.82, 2.24) is 4.90 Å². The molecule has 6 nitrogen and oxygen atoms in total. The highest BCUT2D eigenvalue weighted by Gasteiger charge is 2.30. The maximum atomic E-state index is 14.2. The van der Waals surface area contributed by atoms with Gasteiger partial charge < -0.3 is 10.2 Å². The average molecular weight is 502 g/mol. The highest BCUT2D eigenvalue weighted by molar-refractivity contribution is 7.92. The Morgan fingerprint density at radius 2 is 1.88 bits per heavy atom. The topological polar surface area (TPSA) is 69.7 Å². The van der Waals surface area contributed by atoms with Gasteiger partial charge >= 0.3 is 0 Å². The Balaban J connectivity index is 1.67. The maximum Gasteiger partial charge on any atom is 0.264 e. The molecule has 1 amide bonds. The van der Waals surface area contributed by atoms with Gasteiger partial charge in [-0.15, -0.1) is 0 Å². The molecule has 0 saturated carbocycles. The summed E-state index contributed by atoms with van der Waals surface area (Å²) in [5, 5.41) is 2.64. The lowest BCUT2D eigenvalue weighted by molar-refractivity contribution is 0.102. The molecule has 0 fully saturated rings. The number of hydrogen-bond acceptors (Lipinski definition) is 4. The Kier molecular flexibility index (Phi) is 6.93. The van der Waals surface area contributed by atoms with Crippen molar-refractivity contribution in [3.8, 4) is 0 Å². The molecule has 0 spiro atoms. The van der Waals surface area contributed by atoms with Crippen LogP contribution in [0.1, 0.15) is 27.9 Å². The molecule has 0 aromatic heterocycles. The SMILES string of the molecule is CN(C)Cc1cccc(S(=O)(=O)N2CCCc3ccc(NC(=O)c4c(F)cccc4Cl)cc32)c1. The van der Waals surface area contributed by atoms with Gasteiger partial charge in [0, 0.05) is 18.8 Å². The summed E-state index contributed by atoms with van der Waals surface area (Å²) in [5.41, 5.74) is 2.35. The monoisotopic (exact) mass is 501 g/mol. The van der Waals surface area contributed by atoms with Gasteiger partial charge in [-0.2, -0.15) is 0 Å². The third-order valence-corrected chi connectivity index (χ3v) is 7.72. The van der Waals surface area contributed by atoms with Gasteiger partial charge in [-0.05, 0) is 74.5 Å². The van der Waals surface area contributed by atoms with Crippen LogP contribution in [0.4, 0.5) is 15.8 Å². The van der Waals surface area contributed by atoms with Crippen LogP contribution >= 0.6 is 11.6 Å². The number of carbonyl (C=O) groups excluding carboxylic acids is 1. The van der Waals surface area contributed by atoms with Crippen LogP contribution in [0.15, 0.2) is 65.6 Å². The van der Waals surface area contributed by atoms with Gasteiger partial charge in [-0.3, -0.25) is 9.10 Å². The van der Waals surface area contributed by atoms with E-state index in [1.165, 1.54) is 16.4 Å². The van der Waals surface area contributed by atoms with Gasteiger partial charge in [-0.25, -0.2) is 12.8 Å². The number of carbonyl (C=O) groups is 1. The van der Waals surface area contributed by atoms with Crippen LogP contribution in [-0.4, -0.2) is 39.9 Å². The Hall–Kier alpha value is -2.94. The number of sulfonamides is 1. The molecule has 1 aliphatic heterocycles. The number of nitrogens with one attached hydrogen (secondary N) is 1. The predicted molar refractivity (Wildman–Crippen MR) is 132 cm³/mol. The Labute approximate surface area is 204 Å². The fraction of sp³-hybridized carbons (Fsp3) is 0.240. The fourth-order valence-electron chi connectivity index (χ4n) is 4.07. The van der Waals surface area contributed by atoms with Gasteiger partial charge in [-0.1, -0.05) is 35.9 Å². The molecule has 9 heteroatoms. The van der Waals surface area contributed by atoms with Crippen LogP contribution in [-0.2, 0) is 23.0 Å². The van der Waals surface area contributed by atoms with Crippen molar-refractivity contribution in [3.63, 3.8) is 0 Å². The van der Waals surface area contributed by atoms with Crippen molar-refractivity contribution in [2.45, 2.75) is 24.3 Å². The van der Waals surface area contributed by atoms with Gasteiger partial charge in [0.2, 0.25) is 0 Å². The van der Waals surface area contributed by atoms with E-state index in [0.717, 1.165) is 23.6 Å². The molecule has 1 heterocycles. The third kappa shape index (κ3) is 4.94. The summed E-state index contributed by atoms with van der Waals surface area (Å²) in [7, 11) is 0.0224. The van der Waals surface area contributed by atoms with Gasteiger partial charge in [0.1, 0.15) is 5.82 Å². The molecule has 3 aromatic rings. The van der Waals surface area contributed by atoms with E-state index in [2.05, 4.69) is 5.32 Å². The van der Waals surface area contributed by atoms with Gasteiger partial charge in [0.25, 0.3) is 15.9 Å². The number of benzene rings is 3. The minimum Gasteiger partial charge on any atom is -0.322 e. The van der Waals surface area contributed by atoms with Crippen LogP contribution in [0.25, 0.3) is 0 Å². The molecular weight excluding hydrogens is 477 g/mol. The van der Waals surface area contributed by atoms with E-state index in [4.69, 9.17) is 11.6 Å². The molecule has 0 aliphatic carbocycles. The van der Waals surface area contributed by atoms with E-state index in [9.17, 15) is 17.6 Å². The number of halogens is 2. The van der Waals surface area contributed by atoms with Crippen molar-refractivity contribution in [3.05, 3.63) is 88.2 Å². The Morgan fingerprint density at radius 1 is 1.12 bits per heavy atom. The molecule has 0 bridgehead atoms. The number of aryl methyl sites for hydroxylation is 1. The molecule has 0 radical (unpaired) electrons. The number of rotatable bonds is 6. The molecule has 34 heavy (non-hydrogen) atoms. The zero-order valence-electron chi connectivity index (χ0n) is 18.9. The summed E-state index contributed by atoms with van der Waals surface area (Å²) < 4.78 is 42.7. The first-order valence-corrected chi connectivity index (χ1v) is 12.6. The van der Waals surface area contributed by atoms with Gasteiger partial charge in [0.15, 0.2) is 0 Å². The maximum absolute atomic E-state index is 14.2. The molecule has 3 aromatic carbocycles. The summed E-state index contributed by atoms with van der Waals surface area (Å²) in [6.45, 7) is 0.943. The number of amides is 1. The summed E-state index contributed by atoms with van der Waals surface area (Å²) in [5.74, 6) is -1.44. The number of nitrogens with zero attached hydrogens (tertiary/aromatic N) is 2. The minimum absolute atomic E-state index is 0.00253. The summed E-state index contributed by atoms with van der Waals surface area (Å²) >= 11 is 6.01. The zero-order chi connectivity index (χ0) is 24.5. The van der Waals surface area contributed by atoms with Crippen LogP contribution in [0, 0.1) is 5.82 Å². The van der Waals surface area contributed by atoms with Crippen molar-refractivity contribution < 1.29 is 17.6 Å². The van der Waals surface area contributed by atoms with Crippen molar-refractivity contribution >= 4 is 38.9 Å². The molecule has 0 saturated heterocycles. The van der Waals surface area contributed by atoms with Gasteiger partial charge in [0.05, 0.1) is 21.2 Å². The van der Waals surface area contributed by atoms with E-state index in [1.54, 1.807) is 36.4 Å². The minimum atomic E-state index is -3.82. The highest BCUT2D eigenvalue weighted by Crippen LogP contribution is 2.34. The van der Waals surface area contributed by atoms with Crippen molar-refractivity contribution in [2.75, 3.05) is 30.3 Å². The molecule has 0 unspecified atom stereocenters.